The Morgan fingerprint density at radius 2 is 1.96 bits per heavy atom. The highest BCUT2D eigenvalue weighted by Crippen LogP contribution is 2.17. The maximum Gasteiger partial charge on any atom is 0.338 e. The predicted octanol–water partition coefficient (Wildman–Crippen LogP) is 1.12. The van der Waals surface area contributed by atoms with Crippen molar-refractivity contribution >= 4 is 27.7 Å². The summed E-state index contributed by atoms with van der Waals surface area (Å²) < 4.78 is 32.9. The van der Waals surface area contributed by atoms with Gasteiger partial charge in [-0.15, -0.1) is 0 Å². The number of carbonyl (C=O) groups excluding carboxylic acids is 2. The van der Waals surface area contributed by atoms with Gasteiger partial charge in [-0.2, -0.15) is 0 Å². The minimum absolute atomic E-state index is 0.0356. The summed E-state index contributed by atoms with van der Waals surface area (Å²) >= 11 is 0. The van der Waals surface area contributed by atoms with Gasteiger partial charge in [0.25, 0.3) is 5.91 Å². The molecule has 0 unspecified atom stereocenters. The number of rotatable bonds is 5. The molecular weight excluding hydrogens is 350 g/mol. The molecule has 1 atom stereocenters. The molecule has 1 amide bonds. The fourth-order valence-corrected chi connectivity index (χ4v) is 2.78. The van der Waals surface area contributed by atoms with E-state index in [1.54, 1.807) is 13.8 Å². The van der Waals surface area contributed by atoms with Crippen molar-refractivity contribution in [2.24, 2.45) is 5.14 Å². The van der Waals surface area contributed by atoms with E-state index >= 15 is 0 Å². The van der Waals surface area contributed by atoms with Crippen molar-refractivity contribution in [1.82, 2.24) is 5.16 Å². The molecule has 0 aliphatic heterocycles. The summed E-state index contributed by atoms with van der Waals surface area (Å²) in [6, 6.07) is 5.43. The van der Waals surface area contributed by atoms with Crippen molar-refractivity contribution in [3.63, 3.8) is 0 Å². The molecule has 2 rings (SSSR count). The number of nitrogens with two attached hydrogens (primary N) is 1. The summed E-state index contributed by atoms with van der Waals surface area (Å²) in [5.74, 6) is -0.767. The van der Waals surface area contributed by atoms with Crippen LogP contribution in [0.15, 0.2) is 33.7 Å². The summed E-state index contributed by atoms with van der Waals surface area (Å²) in [7, 11) is -3.98. The van der Waals surface area contributed by atoms with Gasteiger partial charge in [-0.05, 0) is 38.5 Å². The lowest BCUT2D eigenvalue weighted by atomic mass is 10.1. The van der Waals surface area contributed by atoms with E-state index in [4.69, 9.17) is 14.4 Å². The molecule has 1 aromatic carbocycles. The van der Waals surface area contributed by atoms with Gasteiger partial charge in [-0.1, -0.05) is 11.2 Å². The summed E-state index contributed by atoms with van der Waals surface area (Å²) in [4.78, 5) is 23.9. The number of aromatic nitrogens is 1. The molecule has 2 aromatic rings. The molecule has 0 spiro atoms. The van der Waals surface area contributed by atoms with E-state index in [1.165, 1.54) is 25.1 Å². The molecule has 0 fully saturated rings. The molecule has 0 radical (unpaired) electrons. The quantitative estimate of drug-likeness (QED) is 0.754. The molecule has 0 aliphatic rings. The molecular formula is C15H17N3O6S. The van der Waals surface area contributed by atoms with E-state index < -0.39 is 28.0 Å². The Morgan fingerprint density at radius 1 is 1.28 bits per heavy atom. The molecule has 0 saturated heterocycles. The average molecular weight is 367 g/mol. The van der Waals surface area contributed by atoms with Crippen molar-refractivity contribution in [1.29, 1.82) is 0 Å². The standard InChI is InChI=1S/C15H17N3O6S/c1-8-4-5-11(7-12(8)25(16,21)22)15(20)23-10(3)14(19)17-13-6-9(2)24-18-13/h4-7,10H,1-3H3,(H2,16,21,22)(H,17,18,19)/t10-/m1/s1. The van der Waals surface area contributed by atoms with E-state index in [0.29, 0.717) is 11.3 Å². The van der Waals surface area contributed by atoms with Crippen LogP contribution in [0.4, 0.5) is 5.82 Å². The minimum Gasteiger partial charge on any atom is -0.449 e. The second-order valence-electron chi connectivity index (χ2n) is 5.38. The Labute approximate surface area is 144 Å². The lowest BCUT2D eigenvalue weighted by molar-refractivity contribution is -0.123. The summed E-state index contributed by atoms with van der Waals surface area (Å²) in [5.41, 5.74) is 0.359. The van der Waals surface area contributed by atoms with E-state index in [9.17, 15) is 18.0 Å². The maximum absolute atomic E-state index is 12.1. The van der Waals surface area contributed by atoms with E-state index in [0.717, 1.165) is 6.07 Å². The number of hydrogen-bond acceptors (Lipinski definition) is 7. The third kappa shape index (κ3) is 4.64. The Morgan fingerprint density at radius 3 is 2.52 bits per heavy atom. The van der Waals surface area contributed by atoms with Crippen LogP contribution in [-0.2, 0) is 19.6 Å². The highest BCUT2D eigenvalue weighted by molar-refractivity contribution is 7.89. The van der Waals surface area contributed by atoms with Crippen LogP contribution in [0.5, 0.6) is 0 Å². The third-order valence-corrected chi connectivity index (χ3v) is 4.32. The molecule has 134 valence electrons. The van der Waals surface area contributed by atoms with Gasteiger partial charge in [0, 0.05) is 6.07 Å². The molecule has 0 bridgehead atoms. The Hall–Kier alpha value is -2.72. The first-order chi connectivity index (χ1) is 11.6. The summed E-state index contributed by atoms with van der Waals surface area (Å²) in [6.45, 7) is 4.58. The van der Waals surface area contributed by atoms with Gasteiger partial charge < -0.3 is 14.6 Å². The highest BCUT2D eigenvalue weighted by atomic mass is 32.2. The van der Waals surface area contributed by atoms with Crippen LogP contribution in [0, 0.1) is 13.8 Å². The van der Waals surface area contributed by atoms with Gasteiger partial charge in [0.05, 0.1) is 10.5 Å². The predicted molar refractivity (Wildman–Crippen MR) is 87.3 cm³/mol. The zero-order valence-electron chi connectivity index (χ0n) is 13.8. The number of nitrogens with one attached hydrogen (secondary N) is 1. The fourth-order valence-electron chi connectivity index (χ4n) is 1.97. The number of amides is 1. The maximum atomic E-state index is 12.1. The topological polar surface area (TPSA) is 142 Å². The van der Waals surface area contributed by atoms with Crippen LogP contribution in [-0.4, -0.2) is 31.6 Å². The summed E-state index contributed by atoms with van der Waals surface area (Å²) in [5, 5.41) is 11.1. The zero-order chi connectivity index (χ0) is 18.8. The number of nitrogens with zero attached hydrogens (tertiary/aromatic N) is 1. The molecule has 1 aromatic heterocycles. The third-order valence-electron chi connectivity index (χ3n) is 3.26. The normalized spacial score (nSPS) is 12.5. The van der Waals surface area contributed by atoms with E-state index in [-0.39, 0.29) is 16.3 Å². The van der Waals surface area contributed by atoms with Gasteiger partial charge in [-0.25, -0.2) is 18.4 Å². The molecule has 10 heteroatoms. The Bertz CT molecular complexity index is 919. The molecule has 25 heavy (non-hydrogen) atoms. The Kier molecular flexibility index (Phi) is 5.24. The molecule has 1 heterocycles. The second-order valence-corrected chi connectivity index (χ2v) is 6.91. The lowest BCUT2D eigenvalue weighted by Gasteiger charge is -2.13. The zero-order valence-corrected chi connectivity index (χ0v) is 14.6. The minimum atomic E-state index is -3.98. The molecule has 3 N–H and O–H groups in total. The van der Waals surface area contributed by atoms with Gasteiger partial charge in [0.2, 0.25) is 10.0 Å². The highest BCUT2D eigenvalue weighted by Gasteiger charge is 2.22. The van der Waals surface area contributed by atoms with E-state index in [1.807, 2.05) is 0 Å². The van der Waals surface area contributed by atoms with Gasteiger partial charge in [-0.3, -0.25) is 4.79 Å². The number of esters is 1. The molecule has 0 saturated carbocycles. The van der Waals surface area contributed by atoms with Crippen molar-refractivity contribution in [3.8, 4) is 0 Å². The van der Waals surface area contributed by atoms with Crippen LogP contribution in [0.1, 0.15) is 28.6 Å². The molecule has 0 aliphatic carbocycles. The number of carbonyl (C=O) groups is 2. The van der Waals surface area contributed by atoms with Crippen LogP contribution in [0.2, 0.25) is 0 Å². The number of ether oxygens (including phenoxy) is 1. The van der Waals surface area contributed by atoms with Crippen molar-refractivity contribution in [2.45, 2.75) is 31.8 Å². The largest absolute Gasteiger partial charge is 0.449 e. The summed E-state index contributed by atoms with van der Waals surface area (Å²) in [6.07, 6.45) is -1.14. The first kappa shape index (κ1) is 18.6. The van der Waals surface area contributed by atoms with Crippen LogP contribution in [0.25, 0.3) is 0 Å². The van der Waals surface area contributed by atoms with Crippen LogP contribution in [0.3, 0.4) is 0 Å². The first-order valence-electron chi connectivity index (χ1n) is 7.16. The molecule has 9 nitrogen and oxygen atoms in total. The SMILES string of the molecule is Cc1cc(NC(=O)[C@@H](C)OC(=O)c2ccc(C)c(S(N)(=O)=O)c2)no1. The second kappa shape index (κ2) is 7.03. The van der Waals surface area contributed by atoms with Gasteiger partial charge in [0.1, 0.15) is 5.76 Å². The monoisotopic (exact) mass is 367 g/mol. The number of benzene rings is 1. The van der Waals surface area contributed by atoms with Gasteiger partial charge >= 0.3 is 5.97 Å². The Balaban J connectivity index is 2.09. The number of aryl methyl sites for hydroxylation is 2. The van der Waals surface area contributed by atoms with Crippen molar-refractivity contribution < 1.29 is 27.3 Å². The van der Waals surface area contributed by atoms with Crippen LogP contribution >= 0.6 is 0 Å². The lowest BCUT2D eigenvalue weighted by Crippen LogP contribution is -2.30. The van der Waals surface area contributed by atoms with Crippen molar-refractivity contribution in [2.75, 3.05) is 5.32 Å². The van der Waals surface area contributed by atoms with Gasteiger partial charge in [0.15, 0.2) is 11.9 Å². The number of hydrogen-bond donors (Lipinski definition) is 2. The number of sulfonamides is 1. The van der Waals surface area contributed by atoms with Crippen molar-refractivity contribution in [3.05, 3.63) is 41.2 Å². The number of primary sulfonamides is 1. The van der Waals surface area contributed by atoms with Crippen LogP contribution < -0.4 is 10.5 Å². The average Bonchev–Trinajstić information content (AvgIpc) is 2.91. The first-order valence-corrected chi connectivity index (χ1v) is 8.71. The smallest absolute Gasteiger partial charge is 0.338 e. The van der Waals surface area contributed by atoms with E-state index in [2.05, 4.69) is 10.5 Å². The fraction of sp³-hybridized carbons (Fsp3) is 0.267. The number of anilines is 1.